The fourth-order valence-corrected chi connectivity index (χ4v) is 3.85. The van der Waals surface area contributed by atoms with Gasteiger partial charge in [0.15, 0.2) is 0 Å². The lowest BCUT2D eigenvalue weighted by molar-refractivity contribution is -0.130. The van der Waals surface area contributed by atoms with Crippen LogP contribution in [0, 0.1) is 5.82 Å². The summed E-state index contributed by atoms with van der Waals surface area (Å²) in [7, 11) is 0. The Balaban J connectivity index is 0.00000280. The molecule has 0 aliphatic carbocycles. The number of piperazine rings is 1. The van der Waals surface area contributed by atoms with Crippen LogP contribution >= 0.6 is 37.2 Å². The van der Waals surface area contributed by atoms with Crippen molar-refractivity contribution >= 4 is 48.8 Å². The van der Waals surface area contributed by atoms with Crippen molar-refractivity contribution < 1.29 is 13.9 Å². The van der Waals surface area contributed by atoms with E-state index in [-0.39, 0.29) is 55.0 Å². The molecule has 0 radical (unpaired) electrons. The maximum atomic E-state index is 14.0. The molecule has 2 saturated heterocycles. The van der Waals surface area contributed by atoms with Crippen molar-refractivity contribution in [3.8, 4) is 0 Å². The number of carbonyl (C=O) groups is 1. The van der Waals surface area contributed by atoms with E-state index < -0.39 is 5.54 Å². The molecular weight excluding hydrogens is 454 g/mol. The van der Waals surface area contributed by atoms with Crippen molar-refractivity contribution in [2.75, 3.05) is 50.8 Å². The van der Waals surface area contributed by atoms with Gasteiger partial charge in [0.05, 0.1) is 11.6 Å². The number of halogens is 4. The first-order valence-corrected chi connectivity index (χ1v) is 9.87. The molecule has 3 rings (SSSR count). The first-order chi connectivity index (χ1) is 12.9. The van der Waals surface area contributed by atoms with E-state index in [1.54, 1.807) is 0 Å². The number of benzene rings is 1. The summed E-state index contributed by atoms with van der Waals surface area (Å²) in [5, 5.41) is 3.01. The third-order valence-electron chi connectivity index (χ3n) is 5.80. The van der Waals surface area contributed by atoms with Gasteiger partial charge in [0.25, 0.3) is 0 Å². The predicted octanol–water partition coefficient (Wildman–Crippen LogP) is 2.92. The Kier molecular flexibility index (Phi) is 12.5. The summed E-state index contributed by atoms with van der Waals surface area (Å²) in [6, 6.07) is 4.51. The van der Waals surface area contributed by atoms with Gasteiger partial charge in [0.2, 0.25) is 5.91 Å². The van der Waals surface area contributed by atoms with Crippen LogP contribution in [0.15, 0.2) is 18.2 Å². The second kappa shape index (κ2) is 12.9. The number of hydrogen-bond donors (Lipinski definition) is 2. The molecule has 2 heterocycles. The van der Waals surface area contributed by atoms with E-state index in [9.17, 15) is 9.18 Å². The van der Waals surface area contributed by atoms with Crippen LogP contribution in [0.1, 0.15) is 38.3 Å². The SMILES string of the molecule is CCN1CCN(c2ccc(F)cc2C(C)NC(=O)C2(N)CCOCC2)CC1.Cl.Cl.Cl. The van der Waals surface area contributed by atoms with Gasteiger partial charge in [-0.25, -0.2) is 4.39 Å². The van der Waals surface area contributed by atoms with Gasteiger partial charge >= 0.3 is 0 Å². The fraction of sp³-hybridized carbons (Fsp3) is 0.650. The van der Waals surface area contributed by atoms with Gasteiger partial charge in [0.1, 0.15) is 5.82 Å². The molecule has 1 atom stereocenters. The standard InChI is InChI=1S/C20H31FN4O2.3ClH/c1-3-24-8-10-25(11-9-24)18-5-4-16(21)14-17(18)15(2)23-19(26)20(22)6-12-27-13-7-20;;;/h4-5,14-15H,3,6-13,22H2,1-2H3,(H,23,26);3*1H. The Labute approximate surface area is 197 Å². The van der Waals surface area contributed by atoms with Crippen molar-refractivity contribution in [2.24, 2.45) is 5.73 Å². The first-order valence-electron chi connectivity index (χ1n) is 9.87. The molecule has 174 valence electrons. The summed E-state index contributed by atoms with van der Waals surface area (Å²) in [4.78, 5) is 17.4. The Morgan fingerprint density at radius 1 is 1.20 bits per heavy atom. The third kappa shape index (κ3) is 6.84. The molecule has 1 amide bonds. The molecule has 3 N–H and O–H groups in total. The van der Waals surface area contributed by atoms with Crippen LogP contribution in [-0.2, 0) is 9.53 Å². The summed E-state index contributed by atoms with van der Waals surface area (Å²) < 4.78 is 19.3. The highest BCUT2D eigenvalue weighted by Gasteiger charge is 2.36. The quantitative estimate of drug-likeness (QED) is 0.668. The van der Waals surface area contributed by atoms with Crippen LogP contribution in [-0.4, -0.2) is 62.3 Å². The van der Waals surface area contributed by atoms with Crippen LogP contribution in [0.5, 0.6) is 0 Å². The Morgan fingerprint density at radius 2 is 1.80 bits per heavy atom. The van der Waals surface area contributed by atoms with Gasteiger partial charge in [-0.15, -0.1) is 37.2 Å². The summed E-state index contributed by atoms with van der Waals surface area (Å²) in [5.41, 5.74) is 7.16. The maximum absolute atomic E-state index is 14.0. The largest absolute Gasteiger partial charge is 0.381 e. The number of nitrogens with zero attached hydrogens (tertiary/aromatic N) is 2. The normalized spacial score (nSPS) is 19.5. The van der Waals surface area contributed by atoms with Crippen LogP contribution in [0.3, 0.4) is 0 Å². The summed E-state index contributed by atoms with van der Waals surface area (Å²) in [5.74, 6) is -0.486. The number of anilines is 1. The van der Waals surface area contributed by atoms with Crippen molar-refractivity contribution in [1.82, 2.24) is 10.2 Å². The molecule has 2 aliphatic heterocycles. The maximum Gasteiger partial charge on any atom is 0.240 e. The molecule has 2 aliphatic rings. The van der Waals surface area contributed by atoms with Gasteiger partial charge < -0.3 is 25.6 Å². The Bertz CT molecular complexity index is 669. The lowest BCUT2D eigenvalue weighted by Gasteiger charge is -2.37. The first kappa shape index (κ1) is 29.2. The van der Waals surface area contributed by atoms with Gasteiger partial charge in [-0.1, -0.05) is 6.92 Å². The molecule has 1 aromatic carbocycles. The van der Waals surface area contributed by atoms with Crippen molar-refractivity contribution in [2.45, 2.75) is 38.3 Å². The average molecular weight is 488 g/mol. The zero-order valence-electron chi connectivity index (χ0n) is 17.6. The topological polar surface area (TPSA) is 70.8 Å². The number of amides is 1. The highest BCUT2D eigenvalue weighted by molar-refractivity contribution is 5.87. The lowest BCUT2D eigenvalue weighted by atomic mass is 9.89. The van der Waals surface area contributed by atoms with Crippen molar-refractivity contribution in [3.63, 3.8) is 0 Å². The minimum absolute atomic E-state index is 0. The zero-order valence-corrected chi connectivity index (χ0v) is 20.0. The average Bonchev–Trinajstić information content (AvgIpc) is 2.68. The fourth-order valence-electron chi connectivity index (χ4n) is 3.85. The number of hydrogen-bond acceptors (Lipinski definition) is 5. The van der Waals surface area contributed by atoms with Crippen LogP contribution in [0.4, 0.5) is 10.1 Å². The molecule has 0 saturated carbocycles. The lowest BCUT2D eigenvalue weighted by Crippen LogP contribution is -2.57. The van der Waals surface area contributed by atoms with Gasteiger partial charge in [-0.2, -0.15) is 0 Å². The second-order valence-corrected chi connectivity index (χ2v) is 7.59. The van der Waals surface area contributed by atoms with Gasteiger partial charge in [0, 0.05) is 50.6 Å². The van der Waals surface area contributed by atoms with E-state index >= 15 is 0 Å². The van der Waals surface area contributed by atoms with Crippen LogP contribution < -0.4 is 16.0 Å². The van der Waals surface area contributed by atoms with E-state index in [0.29, 0.717) is 26.1 Å². The highest BCUT2D eigenvalue weighted by Crippen LogP contribution is 2.29. The minimum Gasteiger partial charge on any atom is -0.381 e. The monoisotopic (exact) mass is 486 g/mol. The molecule has 1 aromatic rings. The summed E-state index contributed by atoms with van der Waals surface area (Å²) >= 11 is 0. The Hall–Kier alpha value is -0.830. The molecule has 0 spiro atoms. The van der Waals surface area contributed by atoms with Crippen molar-refractivity contribution in [3.05, 3.63) is 29.6 Å². The molecule has 2 fully saturated rings. The van der Waals surface area contributed by atoms with E-state index in [2.05, 4.69) is 22.0 Å². The van der Waals surface area contributed by atoms with Crippen molar-refractivity contribution in [1.29, 1.82) is 0 Å². The summed E-state index contributed by atoms with van der Waals surface area (Å²) in [6.07, 6.45) is 1.00. The van der Waals surface area contributed by atoms with Gasteiger partial charge in [-0.05, 0) is 44.5 Å². The molecule has 10 heteroatoms. The zero-order chi connectivity index (χ0) is 19.4. The second-order valence-electron chi connectivity index (χ2n) is 7.59. The number of likely N-dealkylation sites (N-methyl/N-ethyl adjacent to an activating group) is 1. The van der Waals surface area contributed by atoms with E-state index in [0.717, 1.165) is 44.0 Å². The Morgan fingerprint density at radius 3 is 2.37 bits per heavy atom. The highest BCUT2D eigenvalue weighted by atomic mass is 35.5. The number of carbonyl (C=O) groups excluding carboxylic acids is 1. The third-order valence-corrected chi connectivity index (χ3v) is 5.80. The van der Waals surface area contributed by atoms with Crippen LogP contribution in [0.2, 0.25) is 0 Å². The smallest absolute Gasteiger partial charge is 0.240 e. The minimum atomic E-state index is -0.910. The van der Waals surface area contributed by atoms with E-state index in [1.165, 1.54) is 12.1 Å². The van der Waals surface area contributed by atoms with E-state index in [1.807, 2.05) is 13.0 Å². The molecule has 6 nitrogen and oxygen atoms in total. The molecule has 0 aromatic heterocycles. The number of nitrogens with two attached hydrogens (primary N) is 1. The van der Waals surface area contributed by atoms with Gasteiger partial charge in [-0.3, -0.25) is 4.79 Å². The molecule has 30 heavy (non-hydrogen) atoms. The van der Waals surface area contributed by atoms with E-state index in [4.69, 9.17) is 10.5 Å². The number of ether oxygens (including phenoxy) is 1. The predicted molar refractivity (Wildman–Crippen MR) is 126 cm³/mol. The molecular formula is C20H34Cl3FN4O2. The number of rotatable bonds is 5. The number of nitrogens with one attached hydrogen (secondary N) is 1. The molecule has 0 bridgehead atoms. The molecule has 1 unspecified atom stereocenters. The van der Waals surface area contributed by atoms with Crippen LogP contribution in [0.25, 0.3) is 0 Å². The summed E-state index contributed by atoms with van der Waals surface area (Å²) in [6.45, 7) is 9.84.